The maximum absolute atomic E-state index is 12.6. The first kappa shape index (κ1) is 24.3. The molecule has 0 spiro atoms. The SMILES string of the molecule is CC(=O)c1ccc(NC(=O)CSc2nnc(COc3ccc4ccccc4c3)n2-c2ccccc2)cc1. The summed E-state index contributed by atoms with van der Waals surface area (Å²) in [5.74, 6) is 1.31. The van der Waals surface area contributed by atoms with E-state index < -0.39 is 0 Å². The number of thioether (sulfide) groups is 1. The molecule has 1 N–H and O–H groups in total. The Kier molecular flexibility index (Phi) is 7.28. The van der Waals surface area contributed by atoms with Gasteiger partial charge in [-0.3, -0.25) is 14.2 Å². The van der Waals surface area contributed by atoms with Crippen molar-refractivity contribution in [3.8, 4) is 11.4 Å². The summed E-state index contributed by atoms with van der Waals surface area (Å²) in [4.78, 5) is 24.0. The lowest BCUT2D eigenvalue weighted by atomic mass is 10.1. The highest BCUT2D eigenvalue weighted by atomic mass is 32.2. The fourth-order valence-electron chi connectivity index (χ4n) is 3.84. The van der Waals surface area contributed by atoms with Crippen LogP contribution in [-0.4, -0.2) is 32.2 Å². The van der Waals surface area contributed by atoms with Gasteiger partial charge >= 0.3 is 0 Å². The number of nitrogens with zero attached hydrogens (tertiary/aromatic N) is 3. The van der Waals surface area contributed by atoms with E-state index in [0.29, 0.717) is 22.2 Å². The minimum atomic E-state index is -0.183. The van der Waals surface area contributed by atoms with Crippen LogP contribution in [0, 0.1) is 0 Å². The summed E-state index contributed by atoms with van der Waals surface area (Å²) in [6.07, 6.45) is 0. The Bertz CT molecular complexity index is 1550. The van der Waals surface area contributed by atoms with Gasteiger partial charge in [-0.2, -0.15) is 0 Å². The van der Waals surface area contributed by atoms with Gasteiger partial charge < -0.3 is 10.1 Å². The van der Waals surface area contributed by atoms with Crippen LogP contribution < -0.4 is 10.1 Å². The molecular weight excluding hydrogens is 484 g/mol. The summed E-state index contributed by atoms with van der Waals surface area (Å²) in [7, 11) is 0. The second-order valence-corrected chi connectivity index (χ2v) is 9.28. The summed E-state index contributed by atoms with van der Waals surface area (Å²) in [6.45, 7) is 1.73. The summed E-state index contributed by atoms with van der Waals surface area (Å²) in [5.41, 5.74) is 2.11. The van der Waals surface area contributed by atoms with Crippen molar-refractivity contribution in [2.75, 3.05) is 11.1 Å². The molecule has 0 saturated heterocycles. The van der Waals surface area contributed by atoms with Crippen molar-refractivity contribution in [3.63, 3.8) is 0 Å². The number of amides is 1. The standard InChI is InChI=1S/C29H24N4O3S/c1-20(34)21-11-14-24(15-12-21)30-28(35)19-37-29-32-31-27(33(29)25-9-3-2-4-10-25)18-36-26-16-13-22-7-5-6-8-23(22)17-26/h2-17H,18-19H2,1H3,(H,30,35). The van der Waals surface area contributed by atoms with Crippen molar-refractivity contribution in [3.05, 3.63) is 108 Å². The highest BCUT2D eigenvalue weighted by molar-refractivity contribution is 7.99. The number of carbonyl (C=O) groups is 2. The number of aromatic nitrogens is 3. The molecule has 0 aliphatic heterocycles. The zero-order valence-electron chi connectivity index (χ0n) is 20.1. The highest BCUT2D eigenvalue weighted by Crippen LogP contribution is 2.25. The number of fused-ring (bicyclic) bond motifs is 1. The molecule has 0 aliphatic rings. The smallest absolute Gasteiger partial charge is 0.234 e. The van der Waals surface area contributed by atoms with E-state index in [-0.39, 0.29) is 24.1 Å². The van der Waals surface area contributed by atoms with Crippen LogP contribution in [0.5, 0.6) is 5.75 Å². The van der Waals surface area contributed by atoms with Gasteiger partial charge in [0.25, 0.3) is 0 Å². The monoisotopic (exact) mass is 508 g/mol. The van der Waals surface area contributed by atoms with Crippen molar-refractivity contribution in [1.29, 1.82) is 0 Å². The summed E-state index contributed by atoms with van der Waals surface area (Å²) < 4.78 is 7.97. The number of rotatable bonds is 9. The lowest BCUT2D eigenvalue weighted by molar-refractivity contribution is -0.113. The number of nitrogens with one attached hydrogen (secondary N) is 1. The van der Waals surface area contributed by atoms with Crippen LogP contribution >= 0.6 is 11.8 Å². The molecule has 4 aromatic carbocycles. The average molecular weight is 509 g/mol. The van der Waals surface area contributed by atoms with Crippen LogP contribution in [0.1, 0.15) is 23.1 Å². The number of anilines is 1. The first-order valence-corrected chi connectivity index (χ1v) is 12.7. The summed E-state index contributed by atoms with van der Waals surface area (Å²) >= 11 is 1.29. The number of hydrogen-bond acceptors (Lipinski definition) is 6. The first-order chi connectivity index (χ1) is 18.1. The Labute approximate surface area is 218 Å². The molecule has 1 amide bonds. The molecule has 1 heterocycles. The molecule has 0 fully saturated rings. The van der Waals surface area contributed by atoms with Gasteiger partial charge in [-0.15, -0.1) is 10.2 Å². The number of Topliss-reactive ketones (excluding diaryl/α,β-unsaturated/α-hetero) is 1. The third-order valence-corrected chi connectivity index (χ3v) is 6.64. The van der Waals surface area contributed by atoms with Gasteiger partial charge in [0.05, 0.1) is 5.75 Å². The van der Waals surface area contributed by atoms with Crippen LogP contribution in [0.4, 0.5) is 5.69 Å². The highest BCUT2D eigenvalue weighted by Gasteiger charge is 2.17. The number of benzene rings is 4. The maximum Gasteiger partial charge on any atom is 0.234 e. The molecule has 7 nitrogen and oxygen atoms in total. The zero-order valence-corrected chi connectivity index (χ0v) is 20.9. The minimum Gasteiger partial charge on any atom is -0.486 e. The Morgan fingerprint density at radius 3 is 2.35 bits per heavy atom. The number of ketones is 1. The second-order valence-electron chi connectivity index (χ2n) is 8.34. The molecule has 0 aliphatic carbocycles. The Balaban J connectivity index is 1.30. The van der Waals surface area contributed by atoms with Gasteiger partial charge in [0.2, 0.25) is 5.91 Å². The van der Waals surface area contributed by atoms with Crippen LogP contribution in [0.15, 0.2) is 102 Å². The summed E-state index contributed by atoms with van der Waals surface area (Å²) in [5, 5.41) is 14.4. The third kappa shape index (κ3) is 5.87. The van der Waals surface area contributed by atoms with Gasteiger partial charge in [-0.05, 0) is 66.2 Å². The summed E-state index contributed by atoms with van der Waals surface area (Å²) in [6, 6.07) is 30.6. The second kappa shape index (κ2) is 11.1. The average Bonchev–Trinajstić information content (AvgIpc) is 3.34. The Morgan fingerprint density at radius 1 is 0.865 bits per heavy atom. The molecule has 5 rings (SSSR count). The Morgan fingerprint density at radius 2 is 1.59 bits per heavy atom. The molecule has 0 saturated carbocycles. The van der Waals surface area contributed by atoms with E-state index in [2.05, 4.69) is 21.6 Å². The predicted octanol–water partition coefficient (Wildman–Crippen LogP) is 5.93. The van der Waals surface area contributed by atoms with Gasteiger partial charge in [-0.25, -0.2) is 0 Å². The van der Waals surface area contributed by atoms with Crippen LogP contribution in [0.3, 0.4) is 0 Å². The normalized spacial score (nSPS) is 10.8. The Hall–Kier alpha value is -4.43. The van der Waals surface area contributed by atoms with E-state index in [0.717, 1.165) is 22.2 Å². The minimum absolute atomic E-state index is 0.0194. The van der Waals surface area contributed by atoms with E-state index in [9.17, 15) is 9.59 Å². The van der Waals surface area contributed by atoms with Crippen LogP contribution in [-0.2, 0) is 11.4 Å². The molecule has 184 valence electrons. The molecule has 0 unspecified atom stereocenters. The number of hydrogen-bond donors (Lipinski definition) is 1. The largest absolute Gasteiger partial charge is 0.486 e. The van der Waals surface area contributed by atoms with Gasteiger partial charge in [-0.1, -0.05) is 60.3 Å². The van der Waals surface area contributed by atoms with Crippen LogP contribution in [0.2, 0.25) is 0 Å². The van der Waals surface area contributed by atoms with E-state index in [1.165, 1.54) is 18.7 Å². The van der Waals surface area contributed by atoms with E-state index in [1.54, 1.807) is 24.3 Å². The van der Waals surface area contributed by atoms with Crippen molar-refractivity contribution < 1.29 is 14.3 Å². The predicted molar refractivity (Wildman–Crippen MR) is 145 cm³/mol. The number of ether oxygens (including phenoxy) is 1. The topological polar surface area (TPSA) is 86.1 Å². The van der Waals surface area contributed by atoms with Gasteiger partial charge in [0.1, 0.15) is 12.4 Å². The van der Waals surface area contributed by atoms with Crippen LogP contribution in [0.25, 0.3) is 16.5 Å². The lowest BCUT2D eigenvalue weighted by Crippen LogP contribution is -2.15. The molecule has 0 atom stereocenters. The molecule has 0 radical (unpaired) electrons. The van der Waals surface area contributed by atoms with E-state index >= 15 is 0 Å². The number of para-hydroxylation sites is 1. The molecular formula is C29H24N4O3S. The van der Waals surface area contributed by atoms with E-state index in [4.69, 9.17) is 4.74 Å². The molecule has 37 heavy (non-hydrogen) atoms. The lowest BCUT2D eigenvalue weighted by Gasteiger charge is -2.12. The van der Waals surface area contributed by atoms with Gasteiger partial charge in [0.15, 0.2) is 16.8 Å². The maximum atomic E-state index is 12.6. The third-order valence-electron chi connectivity index (χ3n) is 5.71. The zero-order chi connectivity index (χ0) is 25.6. The van der Waals surface area contributed by atoms with Gasteiger partial charge in [0, 0.05) is 16.9 Å². The molecule has 5 aromatic rings. The molecule has 0 bridgehead atoms. The fraction of sp³-hybridized carbons (Fsp3) is 0.103. The van der Waals surface area contributed by atoms with Crippen molar-refractivity contribution in [1.82, 2.24) is 14.8 Å². The number of carbonyl (C=O) groups excluding carboxylic acids is 2. The van der Waals surface area contributed by atoms with E-state index in [1.807, 2.05) is 71.3 Å². The van der Waals surface area contributed by atoms with Crippen molar-refractivity contribution in [2.24, 2.45) is 0 Å². The quantitative estimate of drug-likeness (QED) is 0.196. The fourth-order valence-corrected chi connectivity index (χ4v) is 4.62. The molecule has 8 heteroatoms. The molecule has 1 aromatic heterocycles. The van der Waals surface area contributed by atoms with Crippen molar-refractivity contribution in [2.45, 2.75) is 18.7 Å². The first-order valence-electron chi connectivity index (χ1n) is 11.7. The van der Waals surface area contributed by atoms with Crippen molar-refractivity contribution >= 4 is 39.9 Å².